The standard InChI is InChI=1S/C31H33NO6S/c1-4-11-20-18-21(19-27(37-5-2)31(20)38-39(35,36)22-12-7-6-8-13-22)28-29-23(14-9-16-25(29)33)32(3)24-15-10-17-26(34)30(24)28/h4,6-8,12-13,18-19,28H,1,5,9-11,14-17H2,2-3H3. The van der Waals surface area contributed by atoms with E-state index in [2.05, 4.69) is 11.5 Å². The molecule has 5 rings (SSSR count). The molecule has 0 saturated heterocycles. The zero-order valence-corrected chi connectivity index (χ0v) is 23.2. The molecule has 0 bridgehead atoms. The fourth-order valence-electron chi connectivity index (χ4n) is 5.95. The number of hydrogen-bond donors (Lipinski definition) is 0. The van der Waals surface area contributed by atoms with E-state index in [0.29, 0.717) is 36.0 Å². The van der Waals surface area contributed by atoms with Gasteiger partial charge in [-0.2, -0.15) is 8.42 Å². The Morgan fingerprint density at radius 3 is 2.15 bits per heavy atom. The van der Waals surface area contributed by atoms with Crippen molar-refractivity contribution in [2.24, 2.45) is 0 Å². The average molecular weight is 548 g/mol. The molecule has 8 heteroatoms. The number of carbonyl (C=O) groups excluding carboxylic acids is 2. The normalized spacial score (nSPS) is 18.2. The summed E-state index contributed by atoms with van der Waals surface area (Å²) in [6.45, 7) is 5.93. The van der Waals surface area contributed by atoms with E-state index >= 15 is 0 Å². The van der Waals surface area contributed by atoms with Crippen molar-refractivity contribution in [2.75, 3.05) is 13.7 Å². The molecule has 0 amide bonds. The summed E-state index contributed by atoms with van der Waals surface area (Å²) in [7, 11) is -2.19. The third-order valence-electron chi connectivity index (χ3n) is 7.62. The van der Waals surface area contributed by atoms with Crippen molar-refractivity contribution < 1.29 is 26.9 Å². The van der Waals surface area contributed by atoms with Gasteiger partial charge in [0.15, 0.2) is 23.1 Å². The number of carbonyl (C=O) groups is 2. The van der Waals surface area contributed by atoms with Crippen molar-refractivity contribution in [3.8, 4) is 11.5 Å². The Hall–Kier alpha value is -3.65. The minimum absolute atomic E-state index is 0.0293. The van der Waals surface area contributed by atoms with Gasteiger partial charge >= 0.3 is 10.1 Å². The molecule has 0 fully saturated rings. The number of benzene rings is 2. The van der Waals surface area contributed by atoms with Crippen LogP contribution in [-0.4, -0.2) is 38.5 Å². The highest BCUT2D eigenvalue weighted by Crippen LogP contribution is 2.50. The third-order valence-corrected chi connectivity index (χ3v) is 8.86. The summed E-state index contributed by atoms with van der Waals surface area (Å²) in [5.41, 5.74) is 4.55. The minimum Gasteiger partial charge on any atom is -0.490 e. The molecule has 1 aliphatic heterocycles. The first-order chi connectivity index (χ1) is 18.8. The fourth-order valence-corrected chi connectivity index (χ4v) is 6.94. The number of ether oxygens (including phenoxy) is 1. The first kappa shape index (κ1) is 26.9. The van der Waals surface area contributed by atoms with Gasteiger partial charge < -0.3 is 13.8 Å². The van der Waals surface area contributed by atoms with Gasteiger partial charge in [-0.1, -0.05) is 30.3 Å². The highest BCUT2D eigenvalue weighted by molar-refractivity contribution is 7.87. The molecule has 0 unspecified atom stereocenters. The molecule has 0 N–H and O–H groups in total. The summed E-state index contributed by atoms with van der Waals surface area (Å²) >= 11 is 0. The molecule has 204 valence electrons. The van der Waals surface area contributed by atoms with E-state index in [9.17, 15) is 18.0 Å². The summed E-state index contributed by atoms with van der Waals surface area (Å²) in [4.78, 5) is 28.9. The summed E-state index contributed by atoms with van der Waals surface area (Å²) in [5.74, 6) is -0.0949. The number of hydrogen-bond acceptors (Lipinski definition) is 7. The fraction of sp³-hybridized carbons (Fsp3) is 0.355. The van der Waals surface area contributed by atoms with E-state index in [0.717, 1.165) is 42.6 Å². The second kappa shape index (κ2) is 10.8. The Morgan fingerprint density at radius 1 is 0.974 bits per heavy atom. The lowest BCUT2D eigenvalue weighted by molar-refractivity contribution is -0.117. The summed E-state index contributed by atoms with van der Waals surface area (Å²) in [6.07, 6.45) is 5.95. The highest BCUT2D eigenvalue weighted by atomic mass is 32.2. The summed E-state index contributed by atoms with van der Waals surface area (Å²) < 4.78 is 38.0. The van der Waals surface area contributed by atoms with Crippen LogP contribution in [0.15, 0.2) is 82.6 Å². The second-order valence-electron chi connectivity index (χ2n) is 10.0. The van der Waals surface area contributed by atoms with Crippen LogP contribution in [0.5, 0.6) is 11.5 Å². The van der Waals surface area contributed by atoms with Gasteiger partial charge in [0.2, 0.25) is 0 Å². The third kappa shape index (κ3) is 4.93. The largest absolute Gasteiger partial charge is 0.490 e. The number of nitrogens with zero attached hydrogens (tertiary/aromatic N) is 1. The van der Waals surface area contributed by atoms with Crippen molar-refractivity contribution in [3.05, 3.63) is 88.8 Å². The maximum atomic E-state index is 13.4. The minimum atomic E-state index is -4.14. The molecule has 0 aromatic heterocycles. The van der Waals surface area contributed by atoms with E-state index < -0.39 is 16.0 Å². The van der Waals surface area contributed by atoms with Crippen LogP contribution in [0.1, 0.15) is 62.5 Å². The van der Waals surface area contributed by atoms with Gasteiger partial charge in [0.25, 0.3) is 0 Å². The lowest BCUT2D eigenvalue weighted by Crippen LogP contribution is -2.37. The van der Waals surface area contributed by atoms with Crippen molar-refractivity contribution in [1.82, 2.24) is 4.90 Å². The molecule has 1 heterocycles. The van der Waals surface area contributed by atoms with Crippen LogP contribution in [0, 0.1) is 0 Å². The Kier molecular flexibility index (Phi) is 7.49. The lowest BCUT2D eigenvalue weighted by Gasteiger charge is -2.42. The molecule has 39 heavy (non-hydrogen) atoms. The number of rotatable bonds is 8. The van der Waals surface area contributed by atoms with E-state index in [1.165, 1.54) is 12.1 Å². The molecule has 0 atom stereocenters. The predicted molar refractivity (Wildman–Crippen MR) is 148 cm³/mol. The SMILES string of the molecule is C=CCc1cc(C2C3=C(CCCC3=O)N(C)C3=C2C(=O)CCC3)cc(OCC)c1OS(=O)(=O)c1ccccc1. The Labute approximate surface area is 229 Å². The molecule has 7 nitrogen and oxygen atoms in total. The summed E-state index contributed by atoms with van der Waals surface area (Å²) in [6, 6.07) is 11.5. The van der Waals surface area contributed by atoms with Crippen LogP contribution in [0.25, 0.3) is 0 Å². The second-order valence-corrected chi connectivity index (χ2v) is 11.6. The Morgan fingerprint density at radius 2 is 1.59 bits per heavy atom. The van der Waals surface area contributed by atoms with Crippen LogP contribution in [0.4, 0.5) is 0 Å². The number of allylic oxidation sites excluding steroid dienone is 5. The van der Waals surface area contributed by atoms with Gasteiger partial charge in [0.05, 0.1) is 6.61 Å². The highest BCUT2D eigenvalue weighted by Gasteiger charge is 2.42. The molecule has 3 aliphatic rings. The zero-order chi connectivity index (χ0) is 27.7. The van der Waals surface area contributed by atoms with Crippen LogP contribution < -0.4 is 8.92 Å². The molecule has 2 aliphatic carbocycles. The van der Waals surface area contributed by atoms with E-state index in [1.54, 1.807) is 30.3 Å². The van der Waals surface area contributed by atoms with Crippen molar-refractivity contribution in [3.63, 3.8) is 0 Å². The average Bonchev–Trinajstić information content (AvgIpc) is 2.92. The monoisotopic (exact) mass is 547 g/mol. The van der Waals surface area contributed by atoms with Gasteiger partial charge in [0, 0.05) is 53.9 Å². The molecule has 2 aromatic carbocycles. The smallest absolute Gasteiger partial charge is 0.339 e. The molecule has 0 spiro atoms. The zero-order valence-electron chi connectivity index (χ0n) is 22.4. The molecule has 2 aromatic rings. The first-order valence-electron chi connectivity index (χ1n) is 13.4. The Bertz CT molecular complexity index is 1460. The van der Waals surface area contributed by atoms with Gasteiger partial charge in [-0.25, -0.2) is 0 Å². The molecular formula is C31H33NO6S. The van der Waals surface area contributed by atoms with Crippen molar-refractivity contribution >= 4 is 21.7 Å². The predicted octanol–water partition coefficient (Wildman–Crippen LogP) is 5.62. The Balaban J connectivity index is 1.71. The van der Waals surface area contributed by atoms with Crippen molar-refractivity contribution in [2.45, 2.75) is 62.7 Å². The van der Waals surface area contributed by atoms with Crippen LogP contribution in [0.3, 0.4) is 0 Å². The summed E-state index contributed by atoms with van der Waals surface area (Å²) in [5, 5.41) is 0. The quantitative estimate of drug-likeness (QED) is 0.313. The van der Waals surface area contributed by atoms with E-state index in [1.807, 2.05) is 20.0 Å². The maximum absolute atomic E-state index is 13.4. The van der Waals surface area contributed by atoms with Gasteiger partial charge in [-0.3, -0.25) is 9.59 Å². The first-order valence-corrected chi connectivity index (χ1v) is 14.8. The van der Waals surface area contributed by atoms with E-state index in [4.69, 9.17) is 8.92 Å². The van der Waals surface area contributed by atoms with Crippen LogP contribution in [-0.2, 0) is 26.1 Å². The van der Waals surface area contributed by atoms with Gasteiger partial charge in [0.1, 0.15) is 4.90 Å². The van der Waals surface area contributed by atoms with Crippen LogP contribution in [0.2, 0.25) is 0 Å². The van der Waals surface area contributed by atoms with Crippen molar-refractivity contribution in [1.29, 1.82) is 0 Å². The number of Topliss-reactive ketones (excluding diaryl/α,β-unsaturated/α-hetero) is 2. The van der Waals surface area contributed by atoms with Gasteiger partial charge in [-0.15, -0.1) is 6.58 Å². The van der Waals surface area contributed by atoms with Gasteiger partial charge in [-0.05, 0) is 62.8 Å². The molecule has 0 radical (unpaired) electrons. The molecular weight excluding hydrogens is 514 g/mol. The molecule has 0 saturated carbocycles. The van der Waals surface area contributed by atoms with Crippen LogP contribution >= 0.6 is 0 Å². The van der Waals surface area contributed by atoms with E-state index in [-0.39, 0.29) is 34.6 Å². The number of ketones is 2. The lowest BCUT2D eigenvalue weighted by atomic mass is 9.71. The topological polar surface area (TPSA) is 90.0 Å². The maximum Gasteiger partial charge on any atom is 0.339 e.